The number of nitrogens with one attached hydrogen (secondary N) is 1. The SMILES string of the molecule is CCCCCCCCCCCCCCCCCCNC(=O)OC[C@@H]1[C@H](COP(=O)(O)OCCBr)[C@@H]2C=C[C@H]1O2. The van der Waals surface area contributed by atoms with Gasteiger partial charge in [-0.2, -0.15) is 0 Å². The number of halogens is 1. The second kappa shape index (κ2) is 21.3. The molecule has 0 spiro atoms. The summed E-state index contributed by atoms with van der Waals surface area (Å²) in [6.07, 6.45) is 24.2. The summed E-state index contributed by atoms with van der Waals surface area (Å²) in [6.45, 7) is 3.12. The van der Waals surface area contributed by atoms with Crippen LogP contribution in [0.15, 0.2) is 12.2 Å². The van der Waals surface area contributed by atoms with Gasteiger partial charge >= 0.3 is 13.9 Å². The number of carbonyl (C=O) groups excluding carboxylic acids is 1. The van der Waals surface area contributed by atoms with Gasteiger partial charge in [-0.1, -0.05) is 131 Å². The first-order valence-electron chi connectivity index (χ1n) is 15.4. The van der Waals surface area contributed by atoms with Crippen LogP contribution in [0.25, 0.3) is 0 Å². The molecule has 2 rings (SSSR count). The zero-order valence-corrected chi connectivity index (χ0v) is 26.5. The lowest BCUT2D eigenvalue weighted by molar-refractivity contribution is 0.0828. The van der Waals surface area contributed by atoms with E-state index in [1.165, 1.54) is 89.9 Å². The van der Waals surface area contributed by atoms with Crippen LogP contribution >= 0.6 is 23.8 Å². The average molecular weight is 639 g/mol. The molecule has 2 aliphatic rings. The number of ether oxygens (including phenoxy) is 2. The minimum absolute atomic E-state index is 0.00356. The third kappa shape index (κ3) is 15.4. The van der Waals surface area contributed by atoms with Crippen molar-refractivity contribution in [2.45, 2.75) is 122 Å². The minimum Gasteiger partial charge on any atom is -0.449 e. The summed E-state index contributed by atoms with van der Waals surface area (Å²) in [5.74, 6) is -0.307. The van der Waals surface area contributed by atoms with Gasteiger partial charge < -0.3 is 19.7 Å². The molecule has 2 N–H and O–H groups in total. The van der Waals surface area contributed by atoms with Crippen LogP contribution in [-0.2, 0) is 23.1 Å². The summed E-state index contributed by atoms with van der Waals surface area (Å²) in [4.78, 5) is 22.0. The van der Waals surface area contributed by atoms with E-state index in [2.05, 4.69) is 28.2 Å². The molecule has 1 saturated heterocycles. The first-order valence-corrected chi connectivity index (χ1v) is 18.0. The van der Waals surface area contributed by atoms with Crippen LogP contribution in [0.3, 0.4) is 0 Å². The number of amides is 1. The van der Waals surface area contributed by atoms with Crippen molar-refractivity contribution in [3.8, 4) is 0 Å². The molecule has 39 heavy (non-hydrogen) atoms. The zero-order valence-electron chi connectivity index (χ0n) is 24.0. The van der Waals surface area contributed by atoms with Gasteiger partial charge in [-0.05, 0) is 6.42 Å². The highest BCUT2D eigenvalue weighted by atomic mass is 79.9. The molecule has 0 aromatic carbocycles. The number of hydrogen-bond donors (Lipinski definition) is 2. The largest absolute Gasteiger partial charge is 0.472 e. The van der Waals surface area contributed by atoms with E-state index >= 15 is 0 Å². The number of alkyl carbamates (subject to hydrolysis) is 1. The Bertz CT molecular complexity index is 726. The Morgan fingerprint density at radius 3 is 1.82 bits per heavy atom. The topological polar surface area (TPSA) is 103 Å². The van der Waals surface area contributed by atoms with Crippen LogP contribution in [0.1, 0.15) is 110 Å². The van der Waals surface area contributed by atoms with Crippen LogP contribution in [0, 0.1) is 11.8 Å². The van der Waals surface area contributed by atoms with Gasteiger partial charge in [0.15, 0.2) is 0 Å². The monoisotopic (exact) mass is 637 g/mol. The van der Waals surface area contributed by atoms with Gasteiger partial charge in [0.1, 0.15) is 0 Å². The Morgan fingerprint density at radius 2 is 1.31 bits per heavy atom. The predicted octanol–water partition coefficient (Wildman–Crippen LogP) is 8.07. The van der Waals surface area contributed by atoms with Crippen LogP contribution in [0.2, 0.25) is 0 Å². The maximum absolute atomic E-state index is 12.2. The molecule has 0 aromatic heterocycles. The number of fused-ring (bicyclic) bond motifs is 2. The highest BCUT2D eigenvalue weighted by Gasteiger charge is 2.47. The fourth-order valence-corrected chi connectivity index (χ4v) is 6.53. The predicted molar refractivity (Wildman–Crippen MR) is 159 cm³/mol. The summed E-state index contributed by atoms with van der Waals surface area (Å²) in [5.41, 5.74) is 0. The van der Waals surface area contributed by atoms with Crippen LogP contribution < -0.4 is 5.32 Å². The number of rotatable bonds is 25. The summed E-state index contributed by atoms with van der Waals surface area (Å²) in [6, 6.07) is 0. The third-order valence-corrected chi connectivity index (χ3v) is 8.97. The third-order valence-electron chi connectivity index (χ3n) is 7.67. The second-order valence-corrected chi connectivity index (χ2v) is 13.1. The zero-order chi connectivity index (χ0) is 28.2. The van der Waals surface area contributed by atoms with E-state index in [0.717, 1.165) is 12.8 Å². The molecule has 5 atom stereocenters. The van der Waals surface area contributed by atoms with Crippen molar-refractivity contribution in [1.29, 1.82) is 0 Å². The lowest BCUT2D eigenvalue weighted by atomic mass is 9.84. The van der Waals surface area contributed by atoms with Crippen molar-refractivity contribution in [2.24, 2.45) is 11.8 Å². The highest BCUT2D eigenvalue weighted by Crippen LogP contribution is 2.47. The molecule has 228 valence electrons. The van der Waals surface area contributed by atoms with Crippen LogP contribution in [-0.4, -0.2) is 54.9 Å². The van der Waals surface area contributed by atoms with Crippen molar-refractivity contribution in [3.63, 3.8) is 0 Å². The molecule has 0 saturated carbocycles. The Hall–Kier alpha value is -0.440. The Kier molecular flexibility index (Phi) is 19.0. The van der Waals surface area contributed by atoms with Crippen molar-refractivity contribution in [1.82, 2.24) is 5.32 Å². The Morgan fingerprint density at radius 1 is 0.821 bits per heavy atom. The van der Waals surface area contributed by atoms with E-state index in [0.29, 0.717) is 11.9 Å². The van der Waals surface area contributed by atoms with E-state index in [-0.39, 0.29) is 43.9 Å². The molecule has 2 bridgehead atoms. The van der Waals surface area contributed by atoms with E-state index in [4.69, 9.17) is 18.5 Å². The molecular weight excluding hydrogens is 585 g/mol. The molecule has 2 heterocycles. The van der Waals surface area contributed by atoms with Gasteiger partial charge in [0, 0.05) is 23.7 Å². The van der Waals surface area contributed by atoms with Gasteiger partial charge in [-0.3, -0.25) is 9.05 Å². The molecule has 1 fully saturated rings. The average Bonchev–Trinajstić information content (AvgIpc) is 3.53. The standard InChI is InChI=1S/C29H53BrNO7P/c1-2-3-4-5-6-7-8-9-10-11-12-13-14-15-16-17-21-31-29(32)35-23-25-26(28-19-18-27(25)38-28)24-37-39(33,34)36-22-20-30/h18-19,25-28H,2-17,20-24H2,1H3,(H,31,32)(H,33,34)/t25-,26+,27-,28+/m1/s1. The second-order valence-electron chi connectivity index (χ2n) is 10.9. The van der Waals surface area contributed by atoms with Crippen molar-refractivity contribution < 1.29 is 32.8 Å². The van der Waals surface area contributed by atoms with Crippen molar-refractivity contribution in [2.75, 3.05) is 31.7 Å². The summed E-state index contributed by atoms with van der Waals surface area (Å²) in [7, 11) is -4.12. The molecule has 8 nitrogen and oxygen atoms in total. The van der Waals surface area contributed by atoms with E-state index in [1.807, 2.05) is 12.2 Å². The first-order chi connectivity index (χ1) is 19.0. The molecule has 1 amide bonds. The van der Waals surface area contributed by atoms with Crippen LogP contribution in [0.4, 0.5) is 4.79 Å². The van der Waals surface area contributed by atoms with E-state index < -0.39 is 13.9 Å². The number of hydrogen-bond acceptors (Lipinski definition) is 6. The maximum Gasteiger partial charge on any atom is 0.472 e. The molecule has 0 aromatic rings. The molecule has 2 aliphatic heterocycles. The van der Waals surface area contributed by atoms with Gasteiger partial charge in [0.05, 0.1) is 32.0 Å². The molecule has 0 radical (unpaired) electrons. The van der Waals surface area contributed by atoms with Gasteiger partial charge in [-0.25, -0.2) is 9.36 Å². The fourth-order valence-electron chi connectivity index (χ4n) is 5.36. The fraction of sp³-hybridized carbons (Fsp3) is 0.897. The Balaban J connectivity index is 1.42. The molecule has 1 unspecified atom stereocenters. The van der Waals surface area contributed by atoms with Gasteiger partial charge in [-0.15, -0.1) is 0 Å². The number of carbonyl (C=O) groups is 1. The summed E-state index contributed by atoms with van der Waals surface area (Å²) >= 11 is 3.15. The maximum atomic E-state index is 12.2. The number of unbranched alkanes of at least 4 members (excludes halogenated alkanes) is 15. The first kappa shape index (κ1) is 34.8. The van der Waals surface area contributed by atoms with E-state index in [1.54, 1.807) is 0 Å². The normalized spacial score (nSPS) is 23.3. The minimum atomic E-state index is -4.12. The smallest absolute Gasteiger partial charge is 0.449 e. The number of phosphoric ester groups is 1. The van der Waals surface area contributed by atoms with Gasteiger partial charge in [0.2, 0.25) is 0 Å². The highest BCUT2D eigenvalue weighted by molar-refractivity contribution is 9.09. The number of phosphoric acid groups is 1. The Labute approximate surface area is 245 Å². The molecule has 0 aliphatic carbocycles. The quantitative estimate of drug-likeness (QED) is 0.0451. The summed E-state index contributed by atoms with van der Waals surface area (Å²) in [5, 5.41) is 3.27. The number of alkyl halides is 1. The summed E-state index contributed by atoms with van der Waals surface area (Å²) < 4.78 is 33.3. The van der Waals surface area contributed by atoms with Crippen LogP contribution in [0.5, 0.6) is 0 Å². The van der Waals surface area contributed by atoms with Crippen molar-refractivity contribution >= 4 is 29.8 Å². The molecule has 10 heteroatoms. The molecular formula is C29H53BrNO7P. The van der Waals surface area contributed by atoms with Gasteiger partial charge in [0.25, 0.3) is 0 Å². The lowest BCUT2D eigenvalue weighted by Gasteiger charge is -2.25. The lowest BCUT2D eigenvalue weighted by Crippen LogP contribution is -2.34. The van der Waals surface area contributed by atoms with Crippen molar-refractivity contribution in [3.05, 3.63) is 12.2 Å². The van der Waals surface area contributed by atoms with E-state index in [9.17, 15) is 14.3 Å².